The summed E-state index contributed by atoms with van der Waals surface area (Å²) < 4.78 is 0. The van der Waals surface area contributed by atoms with Gasteiger partial charge in [-0.25, -0.2) is 0 Å². The van der Waals surface area contributed by atoms with Gasteiger partial charge in [-0.3, -0.25) is 0 Å². The fourth-order valence-corrected chi connectivity index (χ4v) is 9.17. The van der Waals surface area contributed by atoms with Crippen LogP contribution in [0.1, 0.15) is 66.7 Å². The van der Waals surface area contributed by atoms with E-state index in [1.54, 1.807) is 0 Å². The average Bonchev–Trinajstić information content (AvgIpc) is 3.02. The Bertz CT molecular complexity index is 468. The number of fused-ring (bicyclic) bond motifs is 2. The van der Waals surface area contributed by atoms with E-state index in [0.717, 1.165) is 51.9 Å². The number of hydrogen-bond acceptors (Lipinski definition) is 1. The van der Waals surface area contributed by atoms with Crippen molar-refractivity contribution in [3.8, 4) is 0 Å². The predicted octanol–water partition coefficient (Wildman–Crippen LogP) is 7.81. The van der Waals surface area contributed by atoms with Crippen molar-refractivity contribution in [2.75, 3.05) is 0 Å². The van der Waals surface area contributed by atoms with Crippen molar-refractivity contribution in [3.63, 3.8) is 0 Å². The number of piperidine rings is 1. The van der Waals surface area contributed by atoms with E-state index in [9.17, 15) is 0 Å². The molecular weight excluding hydrogens is 429 g/mol. The van der Waals surface area contributed by atoms with Crippen LogP contribution in [0.15, 0.2) is 0 Å². The van der Waals surface area contributed by atoms with E-state index in [-0.39, 0.29) is 7.43 Å². The zero-order chi connectivity index (χ0) is 19.0. The second kappa shape index (κ2) is 10.8. The molecule has 1 nitrogen and oxygen atoms in total. The second-order valence-electron chi connectivity index (χ2n) is 9.53. The van der Waals surface area contributed by atoms with Crippen molar-refractivity contribution in [3.05, 3.63) is 12.7 Å². The van der Waals surface area contributed by atoms with Crippen LogP contribution in [0.2, 0.25) is 0 Å². The van der Waals surface area contributed by atoms with Gasteiger partial charge in [-0.2, -0.15) is 11.8 Å². The van der Waals surface area contributed by atoms with Gasteiger partial charge < -0.3 is 12.7 Å². The van der Waals surface area contributed by atoms with Gasteiger partial charge in [-0.15, -0.1) is 12.1 Å². The maximum atomic E-state index is 5.33. The van der Waals surface area contributed by atoms with Crippen LogP contribution in [0.4, 0.5) is 0 Å². The first kappa shape index (κ1) is 24.9. The molecule has 4 rings (SSSR count). The molecule has 0 aromatic heterocycles. The van der Waals surface area contributed by atoms with Gasteiger partial charge in [0.25, 0.3) is 0 Å². The summed E-state index contributed by atoms with van der Waals surface area (Å²) in [5, 5.41) is 7.13. The summed E-state index contributed by atoms with van der Waals surface area (Å²) in [5.41, 5.74) is 0. The van der Waals surface area contributed by atoms with Crippen molar-refractivity contribution in [2.45, 2.75) is 89.3 Å². The van der Waals surface area contributed by atoms with Crippen molar-refractivity contribution in [1.29, 1.82) is 0 Å². The van der Waals surface area contributed by atoms with Crippen molar-refractivity contribution < 1.29 is 17.0 Å². The van der Waals surface area contributed by atoms with Crippen LogP contribution >= 0.6 is 30.4 Å². The Morgan fingerprint density at radius 1 is 0.852 bits per heavy atom. The molecular formula is C22H39Cl2NSTi-2. The summed E-state index contributed by atoms with van der Waals surface area (Å²) in [4.78, 5) is 0. The maximum absolute atomic E-state index is 5.33. The minimum absolute atomic E-state index is 0. The van der Waals surface area contributed by atoms with E-state index in [1.807, 2.05) is 0 Å². The summed E-state index contributed by atoms with van der Waals surface area (Å²) in [5.74, 6) is 6.46. The monoisotopic (exact) mass is 467 g/mol. The van der Waals surface area contributed by atoms with Crippen LogP contribution in [0.3, 0.4) is 0 Å². The SMILES string of the molecule is CC1CCC2CCCC(C3C(C)C(C)C4C(C)C(C)SC43)C2[N-]1.[CH3-].[Cl][Ti][Cl]. The molecule has 2 saturated carbocycles. The predicted molar refractivity (Wildman–Crippen MR) is 120 cm³/mol. The number of nitrogens with zero attached hydrogens (tertiary/aromatic N) is 1. The van der Waals surface area contributed by atoms with Crippen molar-refractivity contribution in [1.82, 2.24) is 0 Å². The molecule has 2 heterocycles. The molecule has 4 fully saturated rings. The Balaban J connectivity index is 0.000000614. The third-order valence-corrected chi connectivity index (χ3v) is 10.2. The third-order valence-electron chi connectivity index (χ3n) is 8.43. The molecule has 11 atom stereocenters. The number of hydrogen-bond donors (Lipinski definition) is 0. The van der Waals surface area contributed by atoms with E-state index in [0.29, 0.717) is 12.1 Å². The second-order valence-corrected chi connectivity index (χ2v) is 13.7. The number of rotatable bonds is 1. The summed E-state index contributed by atoms with van der Waals surface area (Å²) in [6, 6.07) is 1.33. The van der Waals surface area contributed by atoms with Crippen LogP contribution in [0.5, 0.6) is 0 Å². The summed E-state index contributed by atoms with van der Waals surface area (Å²) in [6.45, 7) is 12.5. The normalized spacial score (nSPS) is 51.3. The van der Waals surface area contributed by atoms with Gasteiger partial charge in [0.2, 0.25) is 0 Å². The first-order valence-corrected chi connectivity index (χ1v) is 16.0. The fourth-order valence-electron chi connectivity index (χ4n) is 6.93. The number of halogens is 2. The molecule has 0 amide bonds. The van der Waals surface area contributed by atoms with E-state index in [1.165, 1.54) is 32.1 Å². The van der Waals surface area contributed by atoms with Crippen LogP contribution in [0.25, 0.3) is 5.32 Å². The molecule has 5 heteroatoms. The summed E-state index contributed by atoms with van der Waals surface area (Å²) in [6.07, 6.45) is 7.20. The van der Waals surface area contributed by atoms with Gasteiger partial charge in [-0.1, -0.05) is 78.6 Å². The first-order valence-electron chi connectivity index (χ1n) is 10.7. The number of thioether (sulfide) groups is 1. The Hall–Kier alpha value is 1.60. The molecule has 11 unspecified atom stereocenters. The standard InChI is InChI=1S/C21H36NS.CH3.2ClH.Ti/c1-11-9-10-16-7-6-8-17(20(16)22-11)19-13(3)12(2)18-14(4)15(5)23-21(18)19;;;;/h11-21H,6-10H2,1-5H3;1H3;2*1H;/q2*-1;;;+2/p-2. The van der Waals surface area contributed by atoms with E-state index in [2.05, 4.69) is 46.4 Å². The van der Waals surface area contributed by atoms with Gasteiger partial charge in [-0.05, 0) is 29.6 Å². The van der Waals surface area contributed by atoms with Gasteiger partial charge in [0.1, 0.15) is 0 Å². The molecule has 2 saturated heterocycles. The summed E-state index contributed by atoms with van der Waals surface area (Å²) >= 11 is 1.80. The average molecular weight is 468 g/mol. The van der Waals surface area contributed by atoms with Gasteiger partial charge in [0, 0.05) is 10.5 Å². The van der Waals surface area contributed by atoms with Gasteiger partial charge in [0.15, 0.2) is 0 Å². The molecule has 158 valence electrons. The molecule has 0 radical (unpaired) electrons. The van der Waals surface area contributed by atoms with E-state index >= 15 is 0 Å². The zero-order valence-corrected chi connectivity index (χ0v) is 21.9. The summed E-state index contributed by atoms with van der Waals surface area (Å²) in [7, 11) is 9.78. The van der Waals surface area contributed by atoms with Crippen molar-refractivity contribution >= 4 is 30.4 Å². The molecule has 0 aromatic rings. The molecule has 0 spiro atoms. The Morgan fingerprint density at radius 2 is 1.48 bits per heavy atom. The Morgan fingerprint density at radius 3 is 2.15 bits per heavy atom. The fraction of sp³-hybridized carbons (Fsp3) is 0.955. The van der Waals surface area contributed by atoms with Gasteiger partial charge in [0.05, 0.1) is 0 Å². The molecule has 2 aliphatic heterocycles. The van der Waals surface area contributed by atoms with E-state index in [4.69, 9.17) is 23.9 Å². The molecule has 0 aromatic carbocycles. The quantitative estimate of drug-likeness (QED) is 0.283. The topological polar surface area (TPSA) is 14.1 Å². The molecule has 27 heavy (non-hydrogen) atoms. The van der Waals surface area contributed by atoms with Crippen LogP contribution in [-0.4, -0.2) is 22.6 Å². The molecule has 4 aliphatic rings. The van der Waals surface area contributed by atoms with Crippen molar-refractivity contribution in [2.24, 2.45) is 41.4 Å². The zero-order valence-electron chi connectivity index (χ0n) is 18.0. The van der Waals surface area contributed by atoms with Crippen LogP contribution in [0, 0.1) is 48.9 Å². The van der Waals surface area contributed by atoms with Crippen LogP contribution in [-0.2, 0) is 17.0 Å². The van der Waals surface area contributed by atoms with Crippen LogP contribution < -0.4 is 0 Å². The Kier molecular flexibility index (Phi) is 9.91. The molecule has 2 aliphatic carbocycles. The van der Waals surface area contributed by atoms with E-state index < -0.39 is 17.0 Å². The molecule has 0 N–H and O–H groups in total. The Labute approximate surface area is 189 Å². The first-order chi connectivity index (χ1) is 12.4. The molecule has 0 bridgehead atoms. The third kappa shape index (κ3) is 4.93. The minimum atomic E-state index is -0.556. The van der Waals surface area contributed by atoms with Gasteiger partial charge >= 0.3 is 35.6 Å².